The molecule has 1 N–H and O–H groups in total. The molecule has 1 aromatic carbocycles. The molecule has 90 valence electrons. The van der Waals surface area contributed by atoms with Crippen molar-refractivity contribution in [2.45, 2.75) is 12.6 Å². The molecule has 0 aliphatic carbocycles. The van der Waals surface area contributed by atoms with E-state index in [0.29, 0.717) is 0 Å². The fourth-order valence-electron chi connectivity index (χ4n) is 2.05. The van der Waals surface area contributed by atoms with Crippen LogP contribution in [0.1, 0.15) is 22.0 Å². The third kappa shape index (κ3) is 2.75. The van der Waals surface area contributed by atoms with Gasteiger partial charge in [0.05, 0.1) is 12.6 Å². The van der Waals surface area contributed by atoms with E-state index in [1.54, 1.807) is 11.3 Å². The summed E-state index contributed by atoms with van der Waals surface area (Å²) in [7, 11) is 4.15. The Morgan fingerprint density at radius 1 is 1.18 bits per heavy atom. The van der Waals surface area contributed by atoms with Crippen LogP contribution in [-0.2, 0) is 6.61 Å². The van der Waals surface area contributed by atoms with Crippen LogP contribution in [0.25, 0.3) is 0 Å². The van der Waals surface area contributed by atoms with Crippen LogP contribution in [0.4, 0.5) is 0 Å². The third-order valence-corrected chi connectivity index (χ3v) is 3.72. The number of aliphatic hydroxyl groups is 1. The first-order chi connectivity index (χ1) is 8.22. The number of thiophene rings is 1. The molecule has 0 saturated heterocycles. The maximum Gasteiger partial charge on any atom is 0.0774 e. The zero-order valence-corrected chi connectivity index (χ0v) is 10.9. The molecular weight excluding hydrogens is 230 g/mol. The van der Waals surface area contributed by atoms with Crippen molar-refractivity contribution in [1.29, 1.82) is 0 Å². The molecule has 0 aliphatic heterocycles. The molecule has 0 amide bonds. The van der Waals surface area contributed by atoms with Gasteiger partial charge in [-0.15, -0.1) is 11.3 Å². The summed E-state index contributed by atoms with van der Waals surface area (Å²) in [4.78, 5) is 3.21. The van der Waals surface area contributed by atoms with E-state index >= 15 is 0 Å². The van der Waals surface area contributed by atoms with Crippen LogP contribution in [0.15, 0.2) is 41.8 Å². The van der Waals surface area contributed by atoms with Gasteiger partial charge in [0.1, 0.15) is 0 Å². The van der Waals surface area contributed by atoms with Crippen molar-refractivity contribution in [1.82, 2.24) is 4.90 Å². The lowest BCUT2D eigenvalue weighted by Crippen LogP contribution is -2.20. The highest BCUT2D eigenvalue weighted by Crippen LogP contribution is 2.29. The zero-order valence-electron chi connectivity index (χ0n) is 10.1. The fourth-order valence-corrected chi connectivity index (χ4v) is 2.81. The van der Waals surface area contributed by atoms with E-state index in [2.05, 4.69) is 54.7 Å². The van der Waals surface area contributed by atoms with Gasteiger partial charge in [-0.1, -0.05) is 30.3 Å². The molecule has 1 aromatic heterocycles. The maximum absolute atomic E-state index is 9.14. The molecule has 2 aromatic rings. The molecular formula is C14H17NOS. The number of aliphatic hydroxyl groups excluding tert-OH is 1. The average molecular weight is 247 g/mol. The molecule has 0 bridgehead atoms. The first-order valence-electron chi connectivity index (χ1n) is 5.62. The quantitative estimate of drug-likeness (QED) is 0.898. The molecule has 0 fully saturated rings. The van der Waals surface area contributed by atoms with Crippen LogP contribution in [0.3, 0.4) is 0 Å². The molecule has 17 heavy (non-hydrogen) atoms. The molecule has 1 atom stereocenters. The predicted octanol–water partition coefficient (Wildman–Crippen LogP) is 2.89. The monoisotopic (exact) mass is 247 g/mol. The number of hydrogen-bond acceptors (Lipinski definition) is 3. The first kappa shape index (κ1) is 12.3. The smallest absolute Gasteiger partial charge is 0.0774 e. The van der Waals surface area contributed by atoms with Crippen molar-refractivity contribution in [2.24, 2.45) is 0 Å². The summed E-state index contributed by atoms with van der Waals surface area (Å²) < 4.78 is 0. The molecule has 2 rings (SSSR count). The Morgan fingerprint density at radius 3 is 2.41 bits per heavy atom. The minimum atomic E-state index is 0.125. The molecule has 2 nitrogen and oxygen atoms in total. The van der Waals surface area contributed by atoms with Gasteiger partial charge in [0.2, 0.25) is 0 Å². The Kier molecular flexibility index (Phi) is 3.94. The van der Waals surface area contributed by atoms with Crippen molar-refractivity contribution in [3.05, 3.63) is 57.8 Å². The van der Waals surface area contributed by atoms with E-state index < -0.39 is 0 Å². The van der Waals surface area contributed by atoms with Crippen LogP contribution >= 0.6 is 11.3 Å². The minimum Gasteiger partial charge on any atom is -0.391 e. The van der Waals surface area contributed by atoms with Gasteiger partial charge in [0.15, 0.2) is 0 Å². The van der Waals surface area contributed by atoms with E-state index in [9.17, 15) is 0 Å². The second-order valence-corrected chi connectivity index (χ2v) is 5.28. The van der Waals surface area contributed by atoms with Crippen molar-refractivity contribution >= 4 is 11.3 Å². The molecule has 0 spiro atoms. The van der Waals surface area contributed by atoms with E-state index in [-0.39, 0.29) is 12.6 Å². The van der Waals surface area contributed by atoms with Crippen molar-refractivity contribution < 1.29 is 5.11 Å². The summed E-state index contributed by atoms with van der Waals surface area (Å²) in [6.07, 6.45) is 0. The molecule has 0 radical (unpaired) electrons. The molecule has 0 aliphatic rings. The standard InChI is InChI=1S/C14H17NOS/c1-15(2)14(11-6-4-3-5-7-11)12-8-13(9-16)17-10-12/h3-8,10,14,16H,9H2,1-2H3/t14-/m1/s1. The summed E-state index contributed by atoms with van der Waals surface area (Å²) in [5.41, 5.74) is 2.52. The Bertz CT molecular complexity index is 464. The Balaban J connectivity index is 2.36. The Morgan fingerprint density at radius 2 is 1.88 bits per heavy atom. The second kappa shape index (κ2) is 5.45. The Labute approximate surface area is 106 Å². The fraction of sp³-hybridized carbons (Fsp3) is 0.286. The average Bonchev–Trinajstić information content (AvgIpc) is 2.79. The summed E-state index contributed by atoms with van der Waals surface area (Å²) in [5.74, 6) is 0. The van der Waals surface area contributed by atoms with Gasteiger partial charge in [0.25, 0.3) is 0 Å². The summed E-state index contributed by atoms with van der Waals surface area (Å²) >= 11 is 1.61. The lowest BCUT2D eigenvalue weighted by atomic mass is 10.0. The molecule has 3 heteroatoms. The second-order valence-electron chi connectivity index (χ2n) is 4.28. The predicted molar refractivity (Wildman–Crippen MR) is 72.2 cm³/mol. The van der Waals surface area contributed by atoms with E-state index in [1.807, 2.05) is 6.07 Å². The maximum atomic E-state index is 9.14. The summed E-state index contributed by atoms with van der Waals surface area (Å²) in [5, 5.41) is 11.3. The van der Waals surface area contributed by atoms with Crippen LogP contribution in [0.2, 0.25) is 0 Å². The van der Waals surface area contributed by atoms with Gasteiger partial charge in [-0.2, -0.15) is 0 Å². The summed E-state index contributed by atoms with van der Waals surface area (Å²) in [6, 6.07) is 12.8. The van der Waals surface area contributed by atoms with Crippen molar-refractivity contribution in [3.8, 4) is 0 Å². The first-order valence-corrected chi connectivity index (χ1v) is 6.50. The van der Waals surface area contributed by atoms with Crippen molar-refractivity contribution in [2.75, 3.05) is 14.1 Å². The molecule has 0 saturated carbocycles. The Hall–Kier alpha value is -1.16. The SMILES string of the molecule is CN(C)[C@H](c1ccccc1)c1csc(CO)c1. The zero-order chi connectivity index (χ0) is 12.3. The largest absolute Gasteiger partial charge is 0.391 e. The van der Waals surface area contributed by atoms with Crippen LogP contribution in [-0.4, -0.2) is 24.1 Å². The van der Waals surface area contributed by atoms with E-state index in [4.69, 9.17) is 5.11 Å². The number of rotatable bonds is 4. The minimum absolute atomic E-state index is 0.125. The highest BCUT2D eigenvalue weighted by Gasteiger charge is 2.17. The lowest BCUT2D eigenvalue weighted by Gasteiger charge is -2.24. The van der Waals surface area contributed by atoms with Gasteiger partial charge in [0, 0.05) is 4.88 Å². The summed E-state index contributed by atoms with van der Waals surface area (Å²) in [6.45, 7) is 0.125. The number of benzene rings is 1. The highest BCUT2D eigenvalue weighted by atomic mass is 32.1. The highest BCUT2D eigenvalue weighted by molar-refractivity contribution is 7.10. The lowest BCUT2D eigenvalue weighted by molar-refractivity contribution is 0.285. The van der Waals surface area contributed by atoms with Crippen LogP contribution in [0.5, 0.6) is 0 Å². The van der Waals surface area contributed by atoms with Crippen LogP contribution < -0.4 is 0 Å². The normalized spacial score (nSPS) is 12.9. The van der Waals surface area contributed by atoms with E-state index in [1.165, 1.54) is 11.1 Å². The van der Waals surface area contributed by atoms with Gasteiger partial charge in [-0.25, -0.2) is 0 Å². The van der Waals surface area contributed by atoms with E-state index in [0.717, 1.165) is 4.88 Å². The van der Waals surface area contributed by atoms with Gasteiger partial charge < -0.3 is 5.11 Å². The van der Waals surface area contributed by atoms with Crippen LogP contribution in [0, 0.1) is 0 Å². The van der Waals surface area contributed by atoms with Crippen molar-refractivity contribution in [3.63, 3.8) is 0 Å². The van der Waals surface area contributed by atoms with Gasteiger partial charge in [-0.05, 0) is 36.7 Å². The number of hydrogen-bond donors (Lipinski definition) is 1. The van der Waals surface area contributed by atoms with Gasteiger partial charge >= 0.3 is 0 Å². The third-order valence-electron chi connectivity index (χ3n) is 2.78. The number of nitrogens with zero attached hydrogens (tertiary/aromatic N) is 1. The molecule has 1 heterocycles. The van der Waals surface area contributed by atoms with Gasteiger partial charge in [-0.3, -0.25) is 4.90 Å². The molecule has 0 unspecified atom stereocenters. The topological polar surface area (TPSA) is 23.5 Å².